The molecule has 0 amide bonds. The van der Waals surface area contributed by atoms with Crippen molar-refractivity contribution >= 4 is 96.5 Å². The topological polar surface area (TPSA) is 26.0 Å². The molecule has 13 rings (SSSR count). The molecule has 0 spiro atoms. The van der Waals surface area contributed by atoms with Crippen LogP contribution < -0.4 is 0 Å². The van der Waals surface area contributed by atoms with Crippen molar-refractivity contribution in [2.75, 3.05) is 0 Å². The number of furan rings is 1. The van der Waals surface area contributed by atoms with Crippen molar-refractivity contribution in [1.82, 2.24) is 4.98 Å². The Balaban J connectivity index is 0.976. The fourth-order valence-corrected chi connectivity index (χ4v) is 11.4. The van der Waals surface area contributed by atoms with E-state index in [-0.39, 0.29) is 0 Å². The summed E-state index contributed by atoms with van der Waals surface area (Å²) < 4.78 is 9.23. The van der Waals surface area contributed by atoms with E-state index in [1.54, 1.807) is 0 Å². The maximum absolute atomic E-state index is 6.60. The second-order valence-electron chi connectivity index (χ2n) is 17.3. The molecule has 0 fully saturated rings. The van der Waals surface area contributed by atoms with Gasteiger partial charge in [0.15, 0.2) is 5.58 Å². The lowest BCUT2D eigenvalue weighted by atomic mass is 9.92. The first-order valence-corrected chi connectivity index (χ1v) is 23.2. The van der Waals surface area contributed by atoms with Gasteiger partial charge in [0.05, 0.1) is 11.9 Å². The molecular weight excluding hydrogens is 795 g/mol. The summed E-state index contributed by atoms with van der Waals surface area (Å²) in [5, 5.41) is 14.6. The van der Waals surface area contributed by atoms with Gasteiger partial charge in [0.2, 0.25) is 0 Å². The second-order valence-corrected chi connectivity index (χ2v) is 18.4. The van der Waals surface area contributed by atoms with E-state index < -0.39 is 0 Å². The third-order valence-corrected chi connectivity index (χ3v) is 14.7. The average Bonchev–Trinajstić information content (AvgIpc) is 3.92. The van der Waals surface area contributed by atoms with Crippen LogP contribution >= 0.6 is 11.3 Å². The monoisotopic (exact) mass is 835 g/mol. The quantitative estimate of drug-likeness (QED) is 0.150. The number of pyridine rings is 1. The van der Waals surface area contributed by atoms with Crippen LogP contribution in [0.25, 0.3) is 130 Å². The summed E-state index contributed by atoms with van der Waals surface area (Å²) in [5.74, 6) is 0. The third kappa shape index (κ3) is 6.03. The lowest BCUT2D eigenvalue weighted by Crippen LogP contribution is -1.89. The van der Waals surface area contributed by atoms with Gasteiger partial charge in [0, 0.05) is 36.5 Å². The van der Waals surface area contributed by atoms with Crippen LogP contribution in [0.15, 0.2) is 199 Å². The molecule has 302 valence electrons. The lowest BCUT2D eigenvalue weighted by Gasteiger charge is -2.12. The first kappa shape index (κ1) is 37.0. The van der Waals surface area contributed by atoms with E-state index in [2.05, 4.69) is 195 Å². The number of aromatic nitrogens is 1. The van der Waals surface area contributed by atoms with Crippen LogP contribution in [0, 0.1) is 0 Å². The molecule has 0 saturated carbocycles. The highest BCUT2D eigenvalue weighted by Gasteiger charge is 2.17. The number of aryl methyl sites for hydroxylation is 1. The Hall–Kier alpha value is -7.59. The molecule has 3 heteroatoms. The summed E-state index contributed by atoms with van der Waals surface area (Å²) in [6.45, 7) is 2.26. The first-order valence-electron chi connectivity index (χ1n) is 22.4. The van der Waals surface area contributed by atoms with Gasteiger partial charge >= 0.3 is 0 Å². The number of fused-ring (bicyclic) bond motifs is 13. The second kappa shape index (κ2) is 14.8. The smallest absolute Gasteiger partial charge is 0.153 e. The third-order valence-electron chi connectivity index (χ3n) is 13.4. The van der Waals surface area contributed by atoms with E-state index in [0.29, 0.717) is 0 Å². The van der Waals surface area contributed by atoms with E-state index in [1.165, 1.54) is 104 Å². The summed E-state index contributed by atoms with van der Waals surface area (Å²) >= 11 is 1.89. The van der Waals surface area contributed by atoms with E-state index in [9.17, 15) is 0 Å². The van der Waals surface area contributed by atoms with Crippen molar-refractivity contribution in [2.24, 2.45) is 0 Å². The van der Waals surface area contributed by atoms with Crippen molar-refractivity contribution in [3.63, 3.8) is 0 Å². The Labute approximate surface area is 374 Å². The Bertz CT molecular complexity index is 4000. The highest BCUT2D eigenvalue weighted by Crippen LogP contribution is 2.44. The molecule has 0 atom stereocenters. The van der Waals surface area contributed by atoms with Crippen molar-refractivity contribution in [2.45, 2.75) is 26.2 Å². The zero-order valence-corrected chi connectivity index (χ0v) is 36.2. The standard InChI is InChI=1S/C61H41NOS/c1-2-3-11-37-20-22-39(23-21-37)46-18-10-19-51-56-32-42(26-27-60(56)64-61(46)51)44-29-43(41-25-24-38-12-4-5-13-40(38)28-41)30-45(31-44)57-34-55-54-33-52-49-16-8-6-14-47(49)48-15-7-9-17-50(48)53(52)35-58(54)63-59(55)36-62-57/h4-10,12-36H,2-3,11H2,1H3. The van der Waals surface area contributed by atoms with Crippen LogP contribution in [-0.4, -0.2) is 4.98 Å². The Kier molecular flexibility index (Phi) is 8.54. The van der Waals surface area contributed by atoms with Crippen LogP contribution in [0.4, 0.5) is 0 Å². The van der Waals surface area contributed by atoms with Gasteiger partial charge in [-0.05, 0) is 149 Å². The number of hydrogen-bond acceptors (Lipinski definition) is 3. The van der Waals surface area contributed by atoms with Gasteiger partial charge in [-0.2, -0.15) is 0 Å². The Morgan fingerprint density at radius 3 is 1.81 bits per heavy atom. The molecule has 64 heavy (non-hydrogen) atoms. The highest BCUT2D eigenvalue weighted by molar-refractivity contribution is 7.26. The van der Waals surface area contributed by atoms with Crippen molar-refractivity contribution in [3.8, 4) is 44.6 Å². The van der Waals surface area contributed by atoms with Crippen molar-refractivity contribution in [3.05, 3.63) is 200 Å². The van der Waals surface area contributed by atoms with Gasteiger partial charge in [0.1, 0.15) is 5.58 Å². The van der Waals surface area contributed by atoms with Gasteiger partial charge < -0.3 is 4.42 Å². The van der Waals surface area contributed by atoms with Gasteiger partial charge in [-0.3, -0.25) is 4.98 Å². The Morgan fingerprint density at radius 1 is 0.422 bits per heavy atom. The first-order chi connectivity index (χ1) is 31.6. The van der Waals surface area contributed by atoms with E-state index in [1.807, 2.05) is 17.5 Å². The number of benzene rings is 10. The highest BCUT2D eigenvalue weighted by atomic mass is 32.1. The Morgan fingerprint density at radius 2 is 1.05 bits per heavy atom. The zero-order valence-electron chi connectivity index (χ0n) is 35.4. The van der Waals surface area contributed by atoms with Crippen LogP contribution in [0.5, 0.6) is 0 Å². The van der Waals surface area contributed by atoms with E-state index in [0.717, 1.165) is 50.7 Å². The lowest BCUT2D eigenvalue weighted by molar-refractivity contribution is 0.667. The molecule has 0 N–H and O–H groups in total. The molecule has 2 nitrogen and oxygen atoms in total. The number of nitrogens with zero attached hydrogens (tertiary/aromatic N) is 1. The predicted molar refractivity (Wildman–Crippen MR) is 275 cm³/mol. The zero-order chi connectivity index (χ0) is 42.3. The summed E-state index contributed by atoms with van der Waals surface area (Å²) in [6, 6.07) is 69.6. The number of hydrogen-bond donors (Lipinski definition) is 0. The molecule has 0 saturated heterocycles. The van der Waals surface area contributed by atoms with Gasteiger partial charge in [-0.25, -0.2) is 0 Å². The summed E-state index contributed by atoms with van der Waals surface area (Å²) in [6.07, 6.45) is 5.48. The maximum atomic E-state index is 6.60. The molecule has 0 unspecified atom stereocenters. The number of thiophene rings is 1. The normalized spacial score (nSPS) is 12.0. The van der Waals surface area contributed by atoms with Gasteiger partial charge in [-0.15, -0.1) is 11.3 Å². The molecule has 10 aromatic carbocycles. The molecule has 0 bridgehead atoms. The number of rotatable bonds is 7. The fraction of sp³-hybridized carbons (Fsp3) is 0.0656. The van der Waals surface area contributed by atoms with Crippen LogP contribution in [0.2, 0.25) is 0 Å². The predicted octanol–water partition coefficient (Wildman–Crippen LogP) is 18.0. The van der Waals surface area contributed by atoms with E-state index in [4.69, 9.17) is 9.40 Å². The van der Waals surface area contributed by atoms with Crippen LogP contribution in [0.3, 0.4) is 0 Å². The molecule has 3 aromatic heterocycles. The van der Waals surface area contributed by atoms with Gasteiger partial charge in [0.25, 0.3) is 0 Å². The summed E-state index contributed by atoms with van der Waals surface area (Å²) in [4.78, 5) is 5.11. The van der Waals surface area contributed by atoms with Gasteiger partial charge in [-0.1, -0.05) is 147 Å². The molecule has 0 aliphatic heterocycles. The number of unbranched alkanes of at least 4 members (excludes halogenated alkanes) is 1. The van der Waals surface area contributed by atoms with Crippen LogP contribution in [-0.2, 0) is 6.42 Å². The minimum Gasteiger partial charge on any atom is -0.454 e. The average molecular weight is 836 g/mol. The molecule has 0 aliphatic rings. The summed E-state index contributed by atoms with van der Waals surface area (Å²) in [7, 11) is 0. The maximum Gasteiger partial charge on any atom is 0.153 e. The SMILES string of the molecule is CCCCc1ccc(-c2cccc3c2sc2ccc(-c4cc(-c5ccc6ccccc6c5)cc(-c5cc6c(cn5)oc5cc7c8ccccc8c8ccccc8c7cc56)c4)cc23)cc1. The van der Waals surface area contributed by atoms with E-state index >= 15 is 0 Å². The molecule has 3 heterocycles. The van der Waals surface area contributed by atoms with Crippen molar-refractivity contribution < 1.29 is 4.42 Å². The molecule has 0 aliphatic carbocycles. The minimum absolute atomic E-state index is 0.787. The minimum atomic E-state index is 0.787. The molecular formula is C61H41NOS. The van der Waals surface area contributed by atoms with Crippen molar-refractivity contribution in [1.29, 1.82) is 0 Å². The molecule has 13 aromatic rings. The molecule has 0 radical (unpaired) electrons. The summed E-state index contributed by atoms with van der Waals surface area (Å²) in [5.41, 5.74) is 12.3. The van der Waals surface area contributed by atoms with Crippen LogP contribution in [0.1, 0.15) is 25.3 Å². The largest absolute Gasteiger partial charge is 0.454 e. The fourth-order valence-electron chi connectivity index (χ4n) is 10.2.